The number of aromatic hydroxyl groups is 2. The Morgan fingerprint density at radius 3 is 1.18 bits per heavy atom. The summed E-state index contributed by atoms with van der Waals surface area (Å²) in [5, 5.41) is 21.0. The van der Waals surface area contributed by atoms with Gasteiger partial charge in [-0.3, -0.25) is 0 Å². The van der Waals surface area contributed by atoms with E-state index in [9.17, 15) is 10.2 Å². The molecule has 0 radical (unpaired) electrons. The first-order valence-electron chi connectivity index (χ1n) is 13.0. The monoisotopic (exact) mass is 757 g/mol. The van der Waals surface area contributed by atoms with Crippen LogP contribution < -0.4 is 4.74 Å². The summed E-state index contributed by atoms with van der Waals surface area (Å²) < 4.78 is 5.55. The van der Waals surface area contributed by atoms with Crippen LogP contribution in [-0.4, -0.2) is 32.3 Å². The van der Waals surface area contributed by atoms with E-state index < -0.39 is 0 Å². The molecule has 0 unspecified atom stereocenters. The molecule has 6 nitrogen and oxygen atoms in total. The average molecular weight is 757 g/mol. The van der Waals surface area contributed by atoms with Gasteiger partial charge in [-0.2, -0.15) is 0 Å². The van der Waals surface area contributed by atoms with Gasteiger partial charge in [-0.1, -0.05) is 59.7 Å². The molecule has 4 rings (SSSR count). The highest BCUT2D eigenvalue weighted by Crippen LogP contribution is 2.35. The number of ether oxygens (including phenoxy) is 1. The minimum Gasteiger partial charge on any atom is -0.507 e. The van der Waals surface area contributed by atoms with Gasteiger partial charge in [-0.15, -0.1) is 0 Å². The fraction of sp³-hybridized carbons (Fsp3) is 0.323. The van der Waals surface area contributed by atoms with Crippen LogP contribution >= 0.6 is 37.2 Å². The number of halogens is 2. The highest BCUT2D eigenvalue weighted by molar-refractivity contribution is 15.0. The molecular formula is C31H41I2N3O3. The molecule has 0 spiro atoms. The van der Waals surface area contributed by atoms with Gasteiger partial charge in [-0.25, -0.2) is 15.0 Å². The lowest BCUT2D eigenvalue weighted by atomic mass is 10.1. The maximum Gasteiger partial charge on any atom is 0.167 e. The number of aromatic nitrogens is 3. The van der Waals surface area contributed by atoms with Crippen molar-refractivity contribution in [1.29, 1.82) is 0 Å². The van der Waals surface area contributed by atoms with E-state index in [0.717, 1.165) is 16.7 Å². The van der Waals surface area contributed by atoms with Gasteiger partial charge >= 0.3 is 0 Å². The first kappa shape index (κ1) is 36.5. The lowest BCUT2D eigenvalue weighted by molar-refractivity contribution is 0.416. The quantitative estimate of drug-likeness (QED) is 0.202. The zero-order valence-electron chi connectivity index (χ0n) is 24.6. The van der Waals surface area contributed by atoms with Crippen LogP contribution in [0.3, 0.4) is 0 Å². The van der Waals surface area contributed by atoms with Gasteiger partial charge in [0, 0.05) is 37.2 Å². The van der Waals surface area contributed by atoms with Gasteiger partial charge in [0.1, 0.15) is 17.2 Å². The van der Waals surface area contributed by atoms with Crippen molar-refractivity contribution < 1.29 is 14.9 Å². The normalized spacial score (nSPS) is 9.23. The van der Waals surface area contributed by atoms with Crippen molar-refractivity contribution in [2.24, 2.45) is 0 Å². The van der Waals surface area contributed by atoms with Crippen molar-refractivity contribution in [2.45, 2.75) is 62.3 Å². The Kier molecular flexibility index (Phi) is 18.3. The van der Waals surface area contributed by atoms with Crippen molar-refractivity contribution in [3.05, 3.63) is 71.3 Å². The Bertz CT molecular complexity index is 1230. The minimum atomic E-state index is 0.0760. The molecule has 3 aromatic carbocycles. The molecule has 212 valence electrons. The summed E-state index contributed by atoms with van der Waals surface area (Å²) in [6.45, 7) is 17.8. The van der Waals surface area contributed by atoms with E-state index in [0.29, 0.717) is 39.9 Å². The molecule has 1 aromatic heterocycles. The number of methoxy groups -OCH3 is 1. The smallest absolute Gasteiger partial charge is 0.167 e. The topological polar surface area (TPSA) is 88.4 Å². The molecule has 0 aliphatic rings. The third kappa shape index (κ3) is 10.2. The second-order valence-corrected chi connectivity index (χ2v) is 7.55. The predicted molar refractivity (Wildman–Crippen MR) is 182 cm³/mol. The van der Waals surface area contributed by atoms with Crippen molar-refractivity contribution in [2.75, 3.05) is 7.11 Å². The highest BCUT2D eigenvalue weighted by Gasteiger charge is 2.18. The SMILES string of the molecule is CC.CC.CC.COc1cc(C)ccc1-c1nc(-c2ccc(C)cc2O)nc(-c2ccc(C)cc2O)n1.II. The Hall–Kier alpha value is -2.47. The van der Waals surface area contributed by atoms with E-state index in [1.165, 1.54) is 0 Å². The molecule has 0 atom stereocenters. The lowest BCUT2D eigenvalue weighted by Gasteiger charge is -2.13. The molecule has 0 saturated carbocycles. The molecule has 39 heavy (non-hydrogen) atoms. The summed E-state index contributed by atoms with van der Waals surface area (Å²) in [6, 6.07) is 16.4. The summed E-state index contributed by atoms with van der Waals surface area (Å²) in [7, 11) is 1.60. The average Bonchev–Trinajstić information content (AvgIpc) is 2.97. The Balaban J connectivity index is 0.00000166. The molecule has 0 saturated heterocycles. The molecule has 0 aliphatic heterocycles. The number of phenolic OH excluding ortho intramolecular Hbond substituents is 2. The fourth-order valence-corrected chi connectivity index (χ4v) is 3.38. The number of benzene rings is 3. The highest BCUT2D eigenvalue weighted by atomic mass is 128. The predicted octanol–water partition coefficient (Wildman–Crippen LogP) is 10.1. The second kappa shape index (κ2) is 19.6. The van der Waals surface area contributed by atoms with E-state index in [2.05, 4.69) is 52.2 Å². The Labute approximate surface area is 257 Å². The van der Waals surface area contributed by atoms with Crippen LogP contribution in [0.25, 0.3) is 34.2 Å². The van der Waals surface area contributed by atoms with Crippen LogP contribution in [0.15, 0.2) is 54.6 Å². The van der Waals surface area contributed by atoms with Crippen molar-refractivity contribution >= 4 is 37.2 Å². The fourth-order valence-electron chi connectivity index (χ4n) is 3.38. The first-order chi connectivity index (χ1) is 18.9. The first-order valence-corrected chi connectivity index (χ1v) is 19.3. The molecule has 0 amide bonds. The van der Waals surface area contributed by atoms with Crippen LogP contribution in [0.1, 0.15) is 58.2 Å². The van der Waals surface area contributed by atoms with Crippen molar-refractivity contribution in [3.8, 4) is 51.4 Å². The number of hydrogen-bond acceptors (Lipinski definition) is 6. The maximum atomic E-state index is 10.5. The lowest BCUT2D eigenvalue weighted by Crippen LogP contribution is -2.02. The van der Waals surface area contributed by atoms with Gasteiger partial charge in [0.15, 0.2) is 17.5 Å². The van der Waals surface area contributed by atoms with E-state index in [-0.39, 0.29) is 11.5 Å². The number of hydrogen-bond donors (Lipinski definition) is 2. The number of aryl methyl sites for hydroxylation is 3. The Morgan fingerprint density at radius 1 is 0.538 bits per heavy atom. The molecule has 0 aliphatic carbocycles. The van der Waals surface area contributed by atoms with Crippen LogP contribution in [0.2, 0.25) is 0 Å². The van der Waals surface area contributed by atoms with Gasteiger partial charge in [0.05, 0.1) is 23.8 Å². The molecular weight excluding hydrogens is 716 g/mol. The number of rotatable bonds is 4. The van der Waals surface area contributed by atoms with E-state index >= 15 is 0 Å². The summed E-state index contributed by atoms with van der Waals surface area (Å²) in [6.07, 6.45) is 0. The number of phenols is 2. The van der Waals surface area contributed by atoms with Crippen molar-refractivity contribution in [3.63, 3.8) is 0 Å². The van der Waals surface area contributed by atoms with Crippen LogP contribution in [0, 0.1) is 20.8 Å². The molecule has 0 bridgehead atoms. The molecule has 2 N–H and O–H groups in total. The van der Waals surface area contributed by atoms with Gasteiger partial charge in [0.25, 0.3) is 0 Å². The number of nitrogens with zero attached hydrogens (tertiary/aromatic N) is 3. The second-order valence-electron chi connectivity index (χ2n) is 7.55. The maximum absolute atomic E-state index is 10.5. The molecule has 4 aromatic rings. The van der Waals surface area contributed by atoms with E-state index in [1.54, 1.807) is 31.4 Å². The van der Waals surface area contributed by atoms with Crippen LogP contribution in [0.5, 0.6) is 17.2 Å². The third-order valence-electron chi connectivity index (χ3n) is 5.02. The van der Waals surface area contributed by atoms with Crippen LogP contribution in [0.4, 0.5) is 0 Å². The molecule has 0 fully saturated rings. The molecule has 1 heterocycles. The zero-order valence-corrected chi connectivity index (χ0v) is 28.9. The van der Waals surface area contributed by atoms with Crippen molar-refractivity contribution in [1.82, 2.24) is 15.0 Å². The summed E-state index contributed by atoms with van der Waals surface area (Å²) in [5.41, 5.74) is 4.54. The standard InChI is InChI=1S/C25H23N3O3.3C2H6.I2/c1-14-5-8-17(20(29)11-14)23-26-24(18-9-6-15(2)12-21(18)30)28-25(27-23)19-10-7-16(3)13-22(19)31-4;4*1-2/h5-13,29-30H,1-4H3;3*1-2H3;. The summed E-state index contributed by atoms with van der Waals surface area (Å²) in [5.74, 6) is 1.78. The van der Waals surface area contributed by atoms with Gasteiger partial charge in [0.2, 0.25) is 0 Å². The Morgan fingerprint density at radius 2 is 0.846 bits per heavy atom. The molecule has 8 heteroatoms. The minimum absolute atomic E-state index is 0.0760. The van der Waals surface area contributed by atoms with E-state index in [1.807, 2.05) is 92.6 Å². The van der Waals surface area contributed by atoms with Gasteiger partial charge < -0.3 is 14.9 Å². The van der Waals surface area contributed by atoms with Gasteiger partial charge in [-0.05, 0) is 73.9 Å². The summed E-state index contributed by atoms with van der Waals surface area (Å²) in [4.78, 5) is 13.8. The van der Waals surface area contributed by atoms with E-state index in [4.69, 9.17) is 4.74 Å². The largest absolute Gasteiger partial charge is 0.507 e. The van der Waals surface area contributed by atoms with Crippen LogP contribution in [-0.2, 0) is 0 Å². The zero-order chi connectivity index (χ0) is 30.1. The third-order valence-corrected chi connectivity index (χ3v) is 5.02. The summed E-state index contributed by atoms with van der Waals surface area (Å²) >= 11 is 4.24.